The maximum atomic E-state index is 12.0. The van der Waals surface area contributed by atoms with E-state index in [2.05, 4.69) is 33.0 Å². The minimum absolute atomic E-state index is 0.0524. The van der Waals surface area contributed by atoms with Gasteiger partial charge in [-0.05, 0) is 22.5 Å². The third kappa shape index (κ3) is 1.98. The van der Waals surface area contributed by atoms with Crippen LogP contribution in [0.25, 0.3) is 0 Å². The van der Waals surface area contributed by atoms with Crippen molar-refractivity contribution in [3.8, 4) is 0 Å². The zero-order valence-corrected chi connectivity index (χ0v) is 11.6. The highest BCUT2D eigenvalue weighted by Crippen LogP contribution is 2.62. The molecule has 0 radical (unpaired) electrons. The predicted octanol–water partition coefficient (Wildman–Crippen LogP) is 2.36. The highest BCUT2D eigenvalue weighted by Gasteiger charge is 2.65. The van der Waals surface area contributed by atoms with E-state index in [4.69, 9.17) is 5.73 Å². The summed E-state index contributed by atoms with van der Waals surface area (Å²) in [5.74, 6) is 0.0524. The summed E-state index contributed by atoms with van der Waals surface area (Å²) in [6, 6.07) is 7.77. The van der Waals surface area contributed by atoms with Crippen LogP contribution in [0.15, 0.2) is 24.3 Å². The van der Waals surface area contributed by atoms with Crippen molar-refractivity contribution in [3.05, 3.63) is 29.8 Å². The fourth-order valence-corrected chi connectivity index (χ4v) is 2.64. The molecule has 0 heterocycles. The molecule has 3 N–H and O–H groups in total. The summed E-state index contributed by atoms with van der Waals surface area (Å²) in [4.78, 5) is 12.0. The van der Waals surface area contributed by atoms with E-state index in [1.807, 2.05) is 24.3 Å². The maximum absolute atomic E-state index is 12.0. The lowest BCUT2D eigenvalue weighted by Gasteiger charge is -2.08. The monoisotopic (exact) mass is 246 g/mol. The van der Waals surface area contributed by atoms with Crippen molar-refractivity contribution in [1.82, 2.24) is 5.32 Å². The molecule has 2 rings (SSSR count). The molecular weight excluding hydrogens is 224 g/mol. The zero-order valence-electron chi connectivity index (χ0n) is 11.6. The van der Waals surface area contributed by atoms with E-state index in [1.54, 1.807) is 0 Å². The molecule has 3 heteroatoms. The van der Waals surface area contributed by atoms with Gasteiger partial charge < -0.3 is 11.1 Å². The molecule has 1 aliphatic carbocycles. The number of benzene rings is 1. The lowest BCUT2D eigenvalue weighted by Crippen LogP contribution is -2.31. The van der Waals surface area contributed by atoms with Crippen LogP contribution in [0.2, 0.25) is 0 Å². The van der Waals surface area contributed by atoms with Crippen LogP contribution in [0.1, 0.15) is 33.3 Å². The fraction of sp³-hybridized carbons (Fsp3) is 0.533. The van der Waals surface area contributed by atoms with Gasteiger partial charge in [0, 0.05) is 11.7 Å². The average Bonchev–Trinajstić information content (AvgIpc) is 2.64. The molecule has 0 spiro atoms. The van der Waals surface area contributed by atoms with E-state index in [1.165, 1.54) is 0 Å². The Labute approximate surface area is 109 Å². The number of carbonyl (C=O) groups excluding carboxylic acids is 1. The quantitative estimate of drug-likeness (QED) is 0.804. The van der Waals surface area contributed by atoms with Crippen LogP contribution >= 0.6 is 0 Å². The normalized spacial score (nSPS) is 20.4. The number of nitrogen functional groups attached to an aromatic ring is 1. The third-order valence-electron chi connectivity index (χ3n) is 4.73. The Balaban J connectivity index is 1.98. The molecule has 0 saturated heterocycles. The van der Waals surface area contributed by atoms with Crippen LogP contribution in [-0.4, -0.2) is 11.9 Å². The molecule has 1 saturated carbocycles. The summed E-state index contributed by atoms with van der Waals surface area (Å²) in [7, 11) is 0. The molecule has 1 amide bonds. The first-order valence-corrected chi connectivity index (χ1v) is 6.39. The molecule has 1 aliphatic rings. The van der Waals surface area contributed by atoms with E-state index in [9.17, 15) is 4.79 Å². The van der Waals surface area contributed by atoms with Gasteiger partial charge >= 0.3 is 0 Å². The molecule has 0 bridgehead atoms. The molecule has 18 heavy (non-hydrogen) atoms. The van der Waals surface area contributed by atoms with Gasteiger partial charge in [0.2, 0.25) is 5.91 Å². The van der Waals surface area contributed by atoms with Crippen LogP contribution < -0.4 is 11.1 Å². The topological polar surface area (TPSA) is 55.1 Å². The number of anilines is 1. The molecule has 0 aromatic heterocycles. The number of carbonyl (C=O) groups is 1. The average molecular weight is 246 g/mol. The standard InChI is InChI=1S/C15H22N2O/c1-14(2)13(15(14,3)4)17-12(18)9-10-7-5-6-8-11(10)16/h5-8,13H,9,16H2,1-4H3,(H,17,18). The van der Waals surface area contributed by atoms with Crippen molar-refractivity contribution in [2.45, 2.75) is 40.2 Å². The third-order valence-corrected chi connectivity index (χ3v) is 4.73. The highest BCUT2D eigenvalue weighted by molar-refractivity contribution is 5.81. The van der Waals surface area contributed by atoms with Crippen LogP contribution in [-0.2, 0) is 11.2 Å². The molecule has 1 fully saturated rings. The Bertz CT molecular complexity index is 463. The Morgan fingerprint density at radius 1 is 1.22 bits per heavy atom. The van der Waals surface area contributed by atoms with Crippen molar-refractivity contribution in [1.29, 1.82) is 0 Å². The van der Waals surface area contributed by atoms with E-state index in [-0.39, 0.29) is 22.8 Å². The van der Waals surface area contributed by atoms with Crippen molar-refractivity contribution < 1.29 is 4.79 Å². The zero-order chi connectivity index (χ0) is 13.6. The number of nitrogens with one attached hydrogen (secondary N) is 1. The van der Waals surface area contributed by atoms with Crippen LogP contribution in [0, 0.1) is 10.8 Å². The van der Waals surface area contributed by atoms with Gasteiger partial charge in [0.15, 0.2) is 0 Å². The maximum Gasteiger partial charge on any atom is 0.224 e. The second kappa shape index (κ2) is 4.01. The summed E-state index contributed by atoms with van der Waals surface area (Å²) in [5, 5.41) is 3.12. The second-order valence-electron chi connectivity index (χ2n) is 6.32. The van der Waals surface area contributed by atoms with E-state index >= 15 is 0 Å². The summed E-state index contributed by atoms with van der Waals surface area (Å²) in [6.45, 7) is 8.76. The number of hydrogen-bond donors (Lipinski definition) is 2. The molecule has 1 aromatic carbocycles. The minimum atomic E-state index is 0.0524. The number of amides is 1. The smallest absolute Gasteiger partial charge is 0.224 e. The first-order valence-electron chi connectivity index (χ1n) is 6.39. The van der Waals surface area contributed by atoms with Crippen LogP contribution in [0.3, 0.4) is 0 Å². The van der Waals surface area contributed by atoms with Gasteiger partial charge in [-0.1, -0.05) is 45.9 Å². The van der Waals surface area contributed by atoms with Crippen molar-refractivity contribution in [3.63, 3.8) is 0 Å². The Morgan fingerprint density at radius 2 is 1.78 bits per heavy atom. The van der Waals surface area contributed by atoms with Crippen molar-refractivity contribution in [2.75, 3.05) is 5.73 Å². The minimum Gasteiger partial charge on any atom is -0.398 e. The van der Waals surface area contributed by atoms with Gasteiger partial charge in [-0.3, -0.25) is 4.79 Å². The fourth-order valence-electron chi connectivity index (χ4n) is 2.64. The van der Waals surface area contributed by atoms with E-state index < -0.39 is 0 Å². The van der Waals surface area contributed by atoms with E-state index in [0.717, 1.165) is 5.56 Å². The Hall–Kier alpha value is -1.51. The van der Waals surface area contributed by atoms with Crippen LogP contribution in [0.5, 0.6) is 0 Å². The van der Waals surface area contributed by atoms with Crippen molar-refractivity contribution >= 4 is 11.6 Å². The Morgan fingerprint density at radius 3 is 2.28 bits per heavy atom. The second-order valence-corrected chi connectivity index (χ2v) is 6.32. The van der Waals surface area contributed by atoms with Gasteiger partial charge in [-0.25, -0.2) is 0 Å². The summed E-state index contributed by atoms with van der Waals surface area (Å²) >= 11 is 0. The largest absolute Gasteiger partial charge is 0.398 e. The van der Waals surface area contributed by atoms with Crippen molar-refractivity contribution in [2.24, 2.45) is 10.8 Å². The van der Waals surface area contributed by atoms with Gasteiger partial charge in [-0.15, -0.1) is 0 Å². The first kappa shape index (κ1) is 12.9. The van der Waals surface area contributed by atoms with Gasteiger partial charge in [0.25, 0.3) is 0 Å². The number of hydrogen-bond acceptors (Lipinski definition) is 2. The SMILES string of the molecule is CC1(C)C(NC(=O)Cc2ccccc2N)C1(C)C. The van der Waals surface area contributed by atoms with E-state index in [0.29, 0.717) is 12.1 Å². The summed E-state index contributed by atoms with van der Waals surface area (Å²) in [6.07, 6.45) is 0.356. The molecule has 0 atom stereocenters. The lowest BCUT2D eigenvalue weighted by molar-refractivity contribution is -0.120. The van der Waals surface area contributed by atoms with Crippen LogP contribution in [0.4, 0.5) is 5.69 Å². The molecule has 1 aromatic rings. The first-order chi connectivity index (χ1) is 8.26. The molecule has 3 nitrogen and oxygen atoms in total. The number of rotatable bonds is 3. The van der Waals surface area contributed by atoms with Gasteiger partial charge in [0.05, 0.1) is 6.42 Å². The lowest BCUT2D eigenvalue weighted by atomic mass is 10.0. The van der Waals surface area contributed by atoms with Gasteiger partial charge in [-0.2, -0.15) is 0 Å². The number of nitrogens with two attached hydrogens (primary N) is 1. The molecule has 98 valence electrons. The summed E-state index contributed by atoms with van der Waals surface area (Å²) in [5.41, 5.74) is 7.76. The Kier molecular flexibility index (Phi) is 2.88. The van der Waals surface area contributed by atoms with Gasteiger partial charge in [0.1, 0.15) is 0 Å². The molecular formula is C15H22N2O. The summed E-state index contributed by atoms with van der Waals surface area (Å²) < 4.78 is 0. The highest BCUT2D eigenvalue weighted by atomic mass is 16.1. The number of para-hydroxylation sites is 1. The molecule has 0 unspecified atom stereocenters. The predicted molar refractivity (Wildman–Crippen MR) is 74.1 cm³/mol. The molecule has 0 aliphatic heterocycles.